The molecule has 3 aromatic rings. The van der Waals surface area contributed by atoms with Gasteiger partial charge in [-0.1, -0.05) is 36.4 Å². The average Bonchev–Trinajstić information content (AvgIpc) is 3.29. The van der Waals surface area contributed by atoms with Gasteiger partial charge >= 0.3 is 0 Å². The Morgan fingerprint density at radius 3 is 2.64 bits per heavy atom. The molecule has 0 fully saturated rings. The van der Waals surface area contributed by atoms with E-state index in [1.165, 1.54) is 0 Å². The second kappa shape index (κ2) is 8.07. The molecule has 0 unspecified atom stereocenters. The molecule has 0 aliphatic heterocycles. The Balaban J connectivity index is 1.60. The van der Waals surface area contributed by atoms with Gasteiger partial charge in [0, 0.05) is 25.4 Å². The fourth-order valence-electron chi connectivity index (χ4n) is 2.55. The molecule has 1 aromatic carbocycles. The first kappa shape index (κ1) is 17.4. The molecule has 0 N–H and O–H groups in total. The van der Waals surface area contributed by atoms with Gasteiger partial charge in [-0.3, -0.25) is 4.79 Å². The number of hydrogen-bond donors (Lipinski definition) is 0. The first-order valence-electron chi connectivity index (χ1n) is 8.33. The molecule has 1 amide bonds. The van der Waals surface area contributed by atoms with E-state index in [0.29, 0.717) is 31.2 Å². The Morgan fingerprint density at radius 2 is 1.96 bits per heavy atom. The third-order valence-corrected chi connectivity index (χ3v) is 4.75. The fourth-order valence-corrected chi connectivity index (χ4v) is 3.19. The molecule has 0 atom stereocenters. The number of hydrogen-bond acceptors (Lipinski definition) is 5. The van der Waals surface area contributed by atoms with E-state index in [9.17, 15) is 4.79 Å². The largest absolute Gasteiger partial charge is 0.420 e. The van der Waals surface area contributed by atoms with Crippen LogP contribution in [0.15, 0.2) is 52.3 Å². The lowest BCUT2D eigenvalue weighted by Gasteiger charge is -2.27. The van der Waals surface area contributed by atoms with Gasteiger partial charge in [0.25, 0.3) is 5.89 Å². The topological polar surface area (TPSA) is 59.2 Å². The summed E-state index contributed by atoms with van der Waals surface area (Å²) in [6, 6.07) is 14.0. The minimum Gasteiger partial charge on any atom is -0.420 e. The predicted molar refractivity (Wildman–Crippen MR) is 98.1 cm³/mol. The molecule has 0 aliphatic rings. The number of amides is 1. The Labute approximate surface area is 151 Å². The van der Waals surface area contributed by atoms with Crippen LogP contribution >= 0.6 is 11.3 Å². The zero-order valence-electron chi connectivity index (χ0n) is 14.4. The first-order valence-corrected chi connectivity index (χ1v) is 9.21. The van der Waals surface area contributed by atoms with Crippen LogP contribution in [-0.2, 0) is 17.8 Å². The van der Waals surface area contributed by atoms with Gasteiger partial charge in [-0.2, -0.15) is 0 Å². The number of aryl methyl sites for hydroxylation is 1. The molecule has 25 heavy (non-hydrogen) atoms. The molecule has 0 saturated heterocycles. The zero-order chi connectivity index (χ0) is 17.6. The standard InChI is InChI=1S/C19H21N3O2S/c1-14(2)22(13-15-7-4-3-5-8-15)18(23)11-10-17-20-21-19(24-17)16-9-6-12-25-16/h3-9,12,14H,10-11,13H2,1-2H3. The van der Waals surface area contributed by atoms with Gasteiger partial charge in [-0.05, 0) is 30.9 Å². The molecule has 2 heterocycles. The van der Waals surface area contributed by atoms with Gasteiger partial charge in [0.15, 0.2) is 0 Å². The van der Waals surface area contributed by atoms with E-state index in [-0.39, 0.29) is 11.9 Å². The maximum atomic E-state index is 12.6. The monoisotopic (exact) mass is 355 g/mol. The summed E-state index contributed by atoms with van der Waals surface area (Å²) in [6.07, 6.45) is 0.812. The van der Waals surface area contributed by atoms with Crippen LogP contribution in [0.1, 0.15) is 31.7 Å². The number of benzene rings is 1. The van der Waals surface area contributed by atoms with Gasteiger partial charge in [0.05, 0.1) is 4.88 Å². The lowest BCUT2D eigenvalue weighted by atomic mass is 10.1. The van der Waals surface area contributed by atoms with Gasteiger partial charge < -0.3 is 9.32 Å². The molecule has 0 spiro atoms. The molecular weight excluding hydrogens is 334 g/mol. The van der Waals surface area contributed by atoms with Crippen molar-refractivity contribution in [2.75, 3.05) is 0 Å². The molecule has 6 heteroatoms. The van der Waals surface area contributed by atoms with E-state index in [0.717, 1.165) is 10.4 Å². The van der Waals surface area contributed by atoms with Crippen LogP contribution in [0.25, 0.3) is 10.8 Å². The highest BCUT2D eigenvalue weighted by Crippen LogP contribution is 2.23. The molecule has 3 rings (SSSR count). The minimum atomic E-state index is 0.0923. The van der Waals surface area contributed by atoms with Gasteiger partial charge in [0.2, 0.25) is 11.8 Å². The SMILES string of the molecule is CC(C)N(Cc1ccccc1)C(=O)CCc1nnc(-c2cccs2)o1. The number of carbonyl (C=O) groups is 1. The summed E-state index contributed by atoms with van der Waals surface area (Å²) in [5.41, 5.74) is 1.13. The van der Waals surface area contributed by atoms with Crippen molar-refractivity contribution in [2.24, 2.45) is 0 Å². The number of rotatable bonds is 7. The van der Waals surface area contributed by atoms with Crippen LogP contribution in [0, 0.1) is 0 Å². The van der Waals surface area contributed by atoms with Gasteiger partial charge in [-0.15, -0.1) is 21.5 Å². The summed E-state index contributed by atoms with van der Waals surface area (Å²) in [7, 11) is 0. The highest BCUT2D eigenvalue weighted by Gasteiger charge is 2.18. The molecule has 0 saturated carbocycles. The van der Waals surface area contributed by atoms with Crippen molar-refractivity contribution in [2.45, 2.75) is 39.3 Å². The maximum absolute atomic E-state index is 12.6. The quantitative estimate of drug-likeness (QED) is 0.638. The minimum absolute atomic E-state index is 0.0923. The second-order valence-electron chi connectivity index (χ2n) is 6.08. The van der Waals surface area contributed by atoms with E-state index in [2.05, 4.69) is 10.2 Å². The van der Waals surface area contributed by atoms with Crippen molar-refractivity contribution in [1.82, 2.24) is 15.1 Å². The Hall–Kier alpha value is -2.47. The summed E-state index contributed by atoms with van der Waals surface area (Å²) in [4.78, 5) is 15.5. The molecule has 0 bridgehead atoms. The second-order valence-corrected chi connectivity index (χ2v) is 7.03. The Bertz CT molecular complexity index is 797. The highest BCUT2D eigenvalue weighted by molar-refractivity contribution is 7.13. The van der Waals surface area contributed by atoms with E-state index >= 15 is 0 Å². The van der Waals surface area contributed by atoms with Crippen LogP contribution in [0.2, 0.25) is 0 Å². The zero-order valence-corrected chi connectivity index (χ0v) is 15.2. The Morgan fingerprint density at radius 1 is 1.16 bits per heavy atom. The van der Waals surface area contributed by atoms with E-state index < -0.39 is 0 Å². The van der Waals surface area contributed by atoms with Crippen LogP contribution in [0.5, 0.6) is 0 Å². The predicted octanol–water partition coefficient (Wildman–Crippen LogP) is 4.17. The number of aromatic nitrogens is 2. The number of carbonyl (C=O) groups excluding carboxylic acids is 1. The summed E-state index contributed by atoms with van der Waals surface area (Å²) >= 11 is 1.55. The molecule has 5 nitrogen and oxygen atoms in total. The fraction of sp³-hybridized carbons (Fsp3) is 0.316. The number of nitrogens with zero attached hydrogens (tertiary/aromatic N) is 3. The normalized spacial score (nSPS) is 11.0. The van der Waals surface area contributed by atoms with Crippen molar-refractivity contribution in [3.63, 3.8) is 0 Å². The highest BCUT2D eigenvalue weighted by atomic mass is 32.1. The van der Waals surface area contributed by atoms with Crippen LogP contribution in [0.3, 0.4) is 0 Å². The molecular formula is C19H21N3O2S. The van der Waals surface area contributed by atoms with Crippen LogP contribution in [-0.4, -0.2) is 27.0 Å². The van der Waals surface area contributed by atoms with Crippen molar-refractivity contribution < 1.29 is 9.21 Å². The summed E-state index contributed by atoms with van der Waals surface area (Å²) in [5, 5.41) is 10.1. The molecule has 0 aliphatic carbocycles. The smallest absolute Gasteiger partial charge is 0.257 e. The molecule has 130 valence electrons. The summed E-state index contributed by atoms with van der Waals surface area (Å²) in [6.45, 7) is 4.67. The van der Waals surface area contributed by atoms with Crippen LogP contribution in [0.4, 0.5) is 0 Å². The van der Waals surface area contributed by atoms with Crippen molar-refractivity contribution in [3.8, 4) is 10.8 Å². The first-order chi connectivity index (χ1) is 12.1. The van der Waals surface area contributed by atoms with E-state index in [1.807, 2.05) is 66.6 Å². The Kier molecular flexibility index (Phi) is 5.60. The summed E-state index contributed by atoms with van der Waals surface area (Å²) in [5.74, 6) is 1.11. The summed E-state index contributed by atoms with van der Waals surface area (Å²) < 4.78 is 5.65. The van der Waals surface area contributed by atoms with Gasteiger partial charge in [0.1, 0.15) is 0 Å². The number of thiophene rings is 1. The van der Waals surface area contributed by atoms with Crippen molar-refractivity contribution >= 4 is 17.2 Å². The molecule has 0 radical (unpaired) electrons. The third kappa shape index (κ3) is 4.54. The lowest BCUT2D eigenvalue weighted by molar-refractivity contribution is -0.133. The maximum Gasteiger partial charge on any atom is 0.257 e. The average molecular weight is 355 g/mol. The third-order valence-electron chi connectivity index (χ3n) is 3.89. The van der Waals surface area contributed by atoms with Crippen molar-refractivity contribution in [3.05, 3.63) is 59.3 Å². The van der Waals surface area contributed by atoms with E-state index in [4.69, 9.17) is 4.42 Å². The van der Waals surface area contributed by atoms with E-state index in [1.54, 1.807) is 11.3 Å². The van der Waals surface area contributed by atoms with Crippen molar-refractivity contribution in [1.29, 1.82) is 0 Å². The van der Waals surface area contributed by atoms with Crippen LogP contribution < -0.4 is 0 Å². The van der Waals surface area contributed by atoms with Gasteiger partial charge in [-0.25, -0.2) is 0 Å². The lowest BCUT2D eigenvalue weighted by Crippen LogP contribution is -2.36. The molecule has 2 aromatic heterocycles.